The molecule has 1 rings (SSSR count). The largest absolute Gasteiger partial charge is 0.490 e. The highest BCUT2D eigenvalue weighted by molar-refractivity contribution is 9.10. The van der Waals surface area contributed by atoms with Crippen LogP contribution >= 0.6 is 15.9 Å². The Morgan fingerprint density at radius 1 is 1.50 bits per heavy atom. The molecule has 0 aliphatic heterocycles. The number of carbonyl (C=O) groups is 1. The molecule has 3 nitrogen and oxygen atoms in total. The summed E-state index contributed by atoms with van der Waals surface area (Å²) in [5.41, 5.74) is 0. The highest BCUT2D eigenvalue weighted by atomic mass is 79.9. The van der Waals surface area contributed by atoms with Crippen molar-refractivity contribution in [1.29, 1.82) is 0 Å². The Hall–Kier alpha value is -1.10. The minimum absolute atomic E-state index is 0.103. The first-order valence-electron chi connectivity index (χ1n) is 4.87. The quantitative estimate of drug-likeness (QED) is 0.782. The van der Waals surface area contributed by atoms with Crippen LogP contribution in [0, 0.1) is 5.82 Å². The fraction of sp³-hybridized carbons (Fsp3) is 0.364. The number of ether oxygens (including phenoxy) is 2. The summed E-state index contributed by atoms with van der Waals surface area (Å²) in [6, 6.07) is 4.39. The van der Waals surface area contributed by atoms with Crippen molar-refractivity contribution in [3.63, 3.8) is 0 Å². The van der Waals surface area contributed by atoms with E-state index in [2.05, 4.69) is 15.9 Å². The van der Waals surface area contributed by atoms with Crippen molar-refractivity contribution in [2.45, 2.75) is 13.3 Å². The molecule has 0 aliphatic carbocycles. The normalized spacial score (nSPS) is 9.94. The molecule has 0 bridgehead atoms. The van der Waals surface area contributed by atoms with Gasteiger partial charge in [0.05, 0.1) is 19.6 Å². The van der Waals surface area contributed by atoms with Gasteiger partial charge in [0.25, 0.3) is 0 Å². The van der Waals surface area contributed by atoms with Gasteiger partial charge >= 0.3 is 5.97 Å². The van der Waals surface area contributed by atoms with E-state index < -0.39 is 5.82 Å². The van der Waals surface area contributed by atoms with Crippen LogP contribution in [0.1, 0.15) is 13.3 Å². The average Bonchev–Trinajstić information content (AvgIpc) is 2.23. The van der Waals surface area contributed by atoms with E-state index in [4.69, 9.17) is 9.47 Å². The SMILES string of the molecule is CCOC(=O)CCOc1cc(Br)ccc1F. The number of benzene rings is 1. The minimum Gasteiger partial charge on any atom is -0.490 e. The second kappa shape index (κ2) is 6.48. The lowest BCUT2D eigenvalue weighted by atomic mass is 10.3. The molecule has 0 radical (unpaired) electrons. The Labute approximate surface area is 102 Å². The van der Waals surface area contributed by atoms with Gasteiger partial charge in [-0.05, 0) is 25.1 Å². The Balaban J connectivity index is 2.42. The highest BCUT2D eigenvalue weighted by Crippen LogP contribution is 2.22. The molecule has 0 spiro atoms. The molecule has 88 valence electrons. The molecule has 5 heteroatoms. The average molecular weight is 291 g/mol. The second-order valence-electron chi connectivity index (χ2n) is 2.98. The van der Waals surface area contributed by atoms with Crippen molar-refractivity contribution in [3.8, 4) is 5.75 Å². The predicted octanol–water partition coefficient (Wildman–Crippen LogP) is 2.92. The number of esters is 1. The Morgan fingerprint density at radius 2 is 2.25 bits per heavy atom. The lowest BCUT2D eigenvalue weighted by Gasteiger charge is -2.07. The lowest BCUT2D eigenvalue weighted by molar-refractivity contribution is -0.143. The van der Waals surface area contributed by atoms with Crippen LogP contribution in [0.3, 0.4) is 0 Å². The highest BCUT2D eigenvalue weighted by Gasteiger charge is 2.06. The van der Waals surface area contributed by atoms with Gasteiger partial charge in [-0.1, -0.05) is 15.9 Å². The molecular weight excluding hydrogens is 279 g/mol. The third kappa shape index (κ3) is 4.18. The van der Waals surface area contributed by atoms with E-state index in [1.54, 1.807) is 13.0 Å². The minimum atomic E-state index is -0.452. The maximum atomic E-state index is 13.2. The van der Waals surface area contributed by atoms with Crippen molar-refractivity contribution < 1.29 is 18.7 Å². The number of hydrogen-bond donors (Lipinski definition) is 0. The summed E-state index contributed by atoms with van der Waals surface area (Å²) in [6.07, 6.45) is 0.111. The first-order chi connectivity index (χ1) is 7.63. The number of rotatable bonds is 5. The van der Waals surface area contributed by atoms with Crippen LogP contribution in [0.15, 0.2) is 22.7 Å². The summed E-state index contributed by atoms with van der Waals surface area (Å²) in [4.78, 5) is 11.0. The van der Waals surface area contributed by atoms with Gasteiger partial charge in [0.2, 0.25) is 0 Å². The van der Waals surface area contributed by atoms with Gasteiger partial charge in [0.1, 0.15) is 0 Å². The van der Waals surface area contributed by atoms with E-state index in [1.807, 2.05) is 0 Å². The monoisotopic (exact) mass is 290 g/mol. The molecule has 0 aromatic heterocycles. The second-order valence-corrected chi connectivity index (χ2v) is 3.89. The maximum absolute atomic E-state index is 13.2. The molecule has 0 aliphatic rings. The van der Waals surface area contributed by atoms with Gasteiger partial charge in [-0.2, -0.15) is 0 Å². The van der Waals surface area contributed by atoms with Gasteiger partial charge in [-0.15, -0.1) is 0 Å². The molecule has 0 saturated carbocycles. The van der Waals surface area contributed by atoms with Crippen LogP contribution < -0.4 is 4.74 Å². The number of halogens is 2. The Bertz CT molecular complexity index is 368. The molecule has 0 amide bonds. The van der Waals surface area contributed by atoms with E-state index in [0.29, 0.717) is 6.61 Å². The first kappa shape index (κ1) is 13.0. The lowest BCUT2D eigenvalue weighted by Crippen LogP contribution is -2.10. The third-order valence-corrected chi connectivity index (χ3v) is 2.26. The van der Waals surface area contributed by atoms with Crippen molar-refractivity contribution >= 4 is 21.9 Å². The van der Waals surface area contributed by atoms with Crippen LogP contribution in [0.4, 0.5) is 4.39 Å². The Kier molecular flexibility index (Phi) is 5.25. The molecule has 1 aromatic carbocycles. The van der Waals surface area contributed by atoms with E-state index >= 15 is 0 Å². The van der Waals surface area contributed by atoms with E-state index in [-0.39, 0.29) is 24.7 Å². The molecule has 1 aromatic rings. The maximum Gasteiger partial charge on any atom is 0.309 e. The molecule has 0 atom stereocenters. The van der Waals surface area contributed by atoms with Gasteiger partial charge in [-0.3, -0.25) is 4.79 Å². The fourth-order valence-corrected chi connectivity index (χ4v) is 1.41. The van der Waals surface area contributed by atoms with E-state index in [1.165, 1.54) is 12.1 Å². The zero-order valence-electron chi connectivity index (χ0n) is 8.83. The van der Waals surface area contributed by atoms with E-state index in [0.717, 1.165) is 4.47 Å². The van der Waals surface area contributed by atoms with Gasteiger partial charge in [-0.25, -0.2) is 4.39 Å². The third-order valence-electron chi connectivity index (χ3n) is 1.76. The summed E-state index contributed by atoms with van der Waals surface area (Å²) >= 11 is 3.20. The van der Waals surface area contributed by atoms with Crippen LogP contribution in [0.5, 0.6) is 5.75 Å². The Morgan fingerprint density at radius 3 is 2.94 bits per heavy atom. The van der Waals surface area contributed by atoms with Crippen LogP contribution in [-0.2, 0) is 9.53 Å². The van der Waals surface area contributed by atoms with Crippen LogP contribution in [0.25, 0.3) is 0 Å². The zero-order chi connectivity index (χ0) is 12.0. The van der Waals surface area contributed by atoms with Crippen molar-refractivity contribution in [1.82, 2.24) is 0 Å². The first-order valence-corrected chi connectivity index (χ1v) is 5.66. The smallest absolute Gasteiger partial charge is 0.309 e. The fourth-order valence-electron chi connectivity index (χ4n) is 1.07. The molecular formula is C11H12BrFO3. The molecule has 0 saturated heterocycles. The molecule has 0 fully saturated rings. The van der Waals surface area contributed by atoms with E-state index in [9.17, 15) is 9.18 Å². The molecule has 0 heterocycles. The zero-order valence-corrected chi connectivity index (χ0v) is 10.4. The molecule has 0 N–H and O–H groups in total. The summed E-state index contributed by atoms with van der Waals surface area (Å²) in [7, 11) is 0. The molecule has 16 heavy (non-hydrogen) atoms. The summed E-state index contributed by atoms with van der Waals surface area (Å²) < 4.78 is 23.7. The number of hydrogen-bond acceptors (Lipinski definition) is 3. The summed E-state index contributed by atoms with van der Waals surface area (Å²) in [6.45, 7) is 2.17. The van der Waals surface area contributed by atoms with Crippen LogP contribution in [0.2, 0.25) is 0 Å². The predicted molar refractivity (Wildman–Crippen MR) is 60.8 cm³/mol. The van der Waals surface area contributed by atoms with Crippen molar-refractivity contribution in [3.05, 3.63) is 28.5 Å². The standard InChI is InChI=1S/C11H12BrFO3/c1-2-15-11(14)5-6-16-10-7-8(12)3-4-9(10)13/h3-4,7H,2,5-6H2,1H3. The summed E-state index contributed by atoms with van der Waals surface area (Å²) in [5, 5.41) is 0. The van der Waals surface area contributed by atoms with Crippen molar-refractivity contribution in [2.24, 2.45) is 0 Å². The number of carbonyl (C=O) groups excluding carboxylic acids is 1. The van der Waals surface area contributed by atoms with Crippen molar-refractivity contribution in [2.75, 3.05) is 13.2 Å². The van der Waals surface area contributed by atoms with Gasteiger partial charge < -0.3 is 9.47 Å². The van der Waals surface area contributed by atoms with Gasteiger partial charge in [0, 0.05) is 4.47 Å². The molecule has 0 unspecified atom stereocenters. The van der Waals surface area contributed by atoms with Gasteiger partial charge in [0.15, 0.2) is 11.6 Å². The topological polar surface area (TPSA) is 35.5 Å². The van der Waals surface area contributed by atoms with Crippen LogP contribution in [-0.4, -0.2) is 19.2 Å². The summed E-state index contributed by atoms with van der Waals surface area (Å²) in [5.74, 6) is -0.677.